The number of carbonyl (C=O) groups excluding carboxylic acids is 1. The lowest BCUT2D eigenvalue weighted by molar-refractivity contribution is -0.187. The van der Waals surface area contributed by atoms with Crippen molar-refractivity contribution in [2.24, 2.45) is 5.41 Å². The van der Waals surface area contributed by atoms with E-state index in [1.165, 1.54) is 13.5 Å². The Morgan fingerprint density at radius 3 is 2.71 bits per heavy atom. The number of methoxy groups -OCH3 is 1. The monoisotopic (exact) mass is 242 g/mol. The Balaban J connectivity index is 1.92. The molecule has 0 N–H and O–H groups in total. The summed E-state index contributed by atoms with van der Waals surface area (Å²) in [4.78, 5) is 16.4. The summed E-state index contributed by atoms with van der Waals surface area (Å²) in [5.74, 6) is -0.137. The van der Waals surface area contributed by atoms with Gasteiger partial charge in [0, 0.05) is 19.1 Å². The van der Waals surface area contributed by atoms with Crippen LogP contribution in [0.2, 0.25) is 0 Å². The van der Waals surface area contributed by atoms with Crippen LogP contribution in [0, 0.1) is 5.41 Å². The highest BCUT2D eigenvalue weighted by Gasteiger charge is 2.48. The lowest BCUT2D eigenvalue weighted by Gasteiger charge is -2.42. The number of ether oxygens (including phenoxy) is 2. The fraction of sp³-hybridized carbons (Fsp3) is 0.917. The number of hydrogen-bond donors (Lipinski definition) is 0. The van der Waals surface area contributed by atoms with E-state index in [4.69, 9.17) is 9.47 Å². The molecule has 0 aliphatic carbocycles. The first-order valence-electron chi connectivity index (χ1n) is 6.12. The molecule has 0 aromatic heterocycles. The van der Waals surface area contributed by atoms with Crippen molar-refractivity contribution in [3.05, 3.63) is 0 Å². The van der Waals surface area contributed by atoms with Crippen molar-refractivity contribution in [3.63, 3.8) is 0 Å². The number of hydrogen-bond acceptors (Lipinski definition) is 5. The molecule has 0 amide bonds. The van der Waals surface area contributed by atoms with Gasteiger partial charge in [0.2, 0.25) is 0 Å². The molecule has 1 unspecified atom stereocenters. The molecule has 0 spiro atoms. The third-order valence-corrected chi connectivity index (χ3v) is 3.92. The molecule has 17 heavy (non-hydrogen) atoms. The van der Waals surface area contributed by atoms with Gasteiger partial charge in [-0.1, -0.05) is 0 Å². The van der Waals surface area contributed by atoms with Crippen LogP contribution in [0.1, 0.15) is 6.42 Å². The molecular formula is C12H22N2O3. The van der Waals surface area contributed by atoms with Crippen LogP contribution in [0.5, 0.6) is 0 Å². The molecule has 1 atom stereocenters. The number of likely N-dealkylation sites (N-methyl/N-ethyl adjacent to an activating group) is 2. The SMILES string of the molecule is COC(=O)C1(CN(C)C2CCN(C)C2)COC1. The summed E-state index contributed by atoms with van der Waals surface area (Å²) in [6, 6.07) is 0.544. The second-order valence-corrected chi connectivity index (χ2v) is 5.38. The van der Waals surface area contributed by atoms with Crippen LogP contribution in [0.25, 0.3) is 0 Å². The Morgan fingerprint density at radius 1 is 1.59 bits per heavy atom. The topological polar surface area (TPSA) is 42.0 Å². The van der Waals surface area contributed by atoms with E-state index in [2.05, 4.69) is 23.9 Å². The summed E-state index contributed by atoms with van der Waals surface area (Å²) in [6.45, 7) is 3.93. The highest BCUT2D eigenvalue weighted by Crippen LogP contribution is 2.31. The van der Waals surface area contributed by atoms with Gasteiger partial charge in [-0.15, -0.1) is 0 Å². The molecule has 2 aliphatic rings. The molecule has 2 rings (SSSR count). The lowest BCUT2D eigenvalue weighted by atomic mass is 9.85. The van der Waals surface area contributed by atoms with Crippen molar-refractivity contribution in [2.75, 3.05) is 54.1 Å². The fourth-order valence-corrected chi connectivity index (χ4v) is 2.72. The van der Waals surface area contributed by atoms with Crippen LogP contribution in [-0.4, -0.2) is 75.9 Å². The van der Waals surface area contributed by atoms with E-state index in [-0.39, 0.29) is 5.97 Å². The van der Waals surface area contributed by atoms with E-state index in [0.29, 0.717) is 19.3 Å². The normalized spacial score (nSPS) is 28.1. The van der Waals surface area contributed by atoms with Gasteiger partial charge in [-0.2, -0.15) is 0 Å². The van der Waals surface area contributed by atoms with Gasteiger partial charge in [-0.05, 0) is 27.1 Å². The largest absolute Gasteiger partial charge is 0.468 e. The Morgan fingerprint density at radius 2 is 2.29 bits per heavy atom. The first-order valence-corrected chi connectivity index (χ1v) is 6.12. The van der Waals surface area contributed by atoms with Crippen molar-refractivity contribution < 1.29 is 14.3 Å². The van der Waals surface area contributed by atoms with E-state index in [0.717, 1.165) is 19.6 Å². The average Bonchev–Trinajstić information content (AvgIpc) is 2.69. The lowest BCUT2D eigenvalue weighted by Crippen LogP contribution is -2.57. The number of esters is 1. The molecule has 5 heteroatoms. The van der Waals surface area contributed by atoms with Crippen LogP contribution in [0.15, 0.2) is 0 Å². The van der Waals surface area contributed by atoms with E-state index >= 15 is 0 Å². The Kier molecular flexibility index (Phi) is 3.70. The molecular weight excluding hydrogens is 220 g/mol. The molecule has 5 nitrogen and oxygen atoms in total. The summed E-state index contributed by atoms with van der Waals surface area (Å²) in [5.41, 5.74) is -0.426. The van der Waals surface area contributed by atoms with Crippen LogP contribution in [0.3, 0.4) is 0 Å². The minimum absolute atomic E-state index is 0.137. The second kappa shape index (κ2) is 4.92. The molecule has 98 valence electrons. The minimum Gasteiger partial charge on any atom is -0.468 e. The van der Waals surface area contributed by atoms with Crippen molar-refractivity contribution in [1.82, 2.24) is 9.80 Å². The summed E-state index contributed by atoms with van der Waals surface area (Å²) in [6.07, 6.45) is 1.17. The maximum atomic E-state index is 11.8. The first kappa shape index (κ1) is 12.8. The van der Waals surface area contributed by atoms with Crippen molar-refractivity contribution in [3.8, 4) is 0 Å². The molecule has 0 saturated carbocycles. The summed E-state index contributed by atoms with van der Waals surface area (Å²) in [7, 11) is 5.68. The third-order valence-electron chi connectivity index (χ3n) is 3.92. The van der Waals surface area contributed by atoms with Crippen molar-refractivity contribution >= 4 is 5.97 Å². The summed E-state index contributed by atoms with van der Waals surface area (Å²) < 4.78 is 10.1. The highest BCUT2D eigenvalue weighted by molar-refractivity contribution is 5.78. The highest BCUT2D eigenvalue weighted by atomic mass is 16.5. The molecule has 0 aromatic carbocycles. The van der Waals surface area contributed by atoms with Crippen LogP contribution < -0.4 is 0 Å². The first-order chi connectivity index (χ1) is 8.07. The number of rotatable bonds is 4. The van der Waals surface area contributed by atoms with Gasteiger partial charge >= 0.3 is 5.97 Å². The van der Waals surface area contributed by atoms with Crippen molar-refractivity contribution in [1.29, 1.82) is 0 Å². The molecule has 0 bridgehead atoms. The average molecular weight is 242 g/mol. The number of likely N-dealkylation sites (tertiary alicyclic amines) is 1. The van der Waals surface area contributed by atoms with E-state index in [9.17, 15) is 4.79 Å². The van der Waals surface area contributed by atoms with Gasteiger partial charge in [0.05, 0.1) is 20.3 Å². The zero-order valence-electron chi connectivity index (χ0n) is 10.9. The van der Waals surface area contributed by atoms with E-state index in [1.54, 1.807) is 0 Å². The quantitative estimate of drug-likeness (QED) is 0.639. The standard InChI is InChI=1S/C12H22N2O3/c1-13-5-4-10(6-13)14(2)7-12(8-17-9-12)11(15)16-3/h10H,4-9H2,1-3H3. The maximum absolute atomic E-state index is 11.8. The van der Waals surface area contributed by atoms with Crippen LogP contribution in [0.4, 0.5) is 0 Å². The van der Waals surface area contributed by atoms with E-state index < -0.39 is 5.41 Å². The molecule has 2 aliphatic heterocycles. The maximum Gasteiger partial charge on any atom is 0.317 e. The zero-order chi connectivity index (χ0) is 12.5. The molecule has 2 heterocycles. The van der Waals surface area contributed by atoms with Gasteiger partial charge in [-0.25, -0.2) is 0 Å². The smallest absolute Gasteiger partial charge is 0.317 e. The Labute approximate surface area is 103 Å². The predicted octanol–water partition coefficient (Wildman–Crippen LogP) is -0.188. The van der Waals surface area contributed by atoms with Gasteiger partial charge in [-0.3, -0.25) is 4.79 Å². The van der Waals surface area contributed by atoms with Gasteiger partial charge in [0.25, 0.3) is 0 Å². The zero-order valence-corrected chi connectivity index (χ0v) is 10.9. The summed E-state index contributed by atoms with van der Waals surface area (Å²) >= 11 is 0. The molecule has 0 radical (unpaired) electrons. The predicted molar refractivity (Wildman–Crippen MR) is 63.8 cm³/mol. The van der Waals surface area contributed by atoms with Crippen LogP contribution in [-0.2, 0) is 14.3 Å². The minimum atomic E-state index is -0.426. The molecule has 2 fully saturated rings. The van der Waals surface area contributed by atoms with Gasteiger partial charge in [0.15, 0.2) is 0 Å². The van der Waals surface area contributed by atoms with Crippen molar-refractivity contribution in [2.45, 2.75) is 12.5 Å². The molecule has 2 saturated heterocycles. The van der Waals surface area contributed by atoms with Crippen LogP contribution >= 0.6 is 0 Å². The summed E-state index contributed by atoms with van der Waals surface area (Å²) in [5, 5.41) is 0. The third kappa shape index (κ3) is 2.46. The second-order valence-electron chi connectivity index (χ2n) is 5.38. The number of carbonyl (C=O) groups is 1. The van der Waals surface area contributed by atoms with E-state index in [1.807, 2.05) is 0 Å². The number of nitrogens with zero attached hydrogens (tertiary/aromatic N) is 2. The Hall–Kier alpha value is -0.650. The van der Waals surface area contributed by atoms with Gasteiger partial charge in [0.1, 0.15) is 5.41 Å². The van der Waals surface area contributed by atoms with Gasteiger partial charge < -0.3 is 19.3 Å². The Bertz CT molecular complexity index is 291. The molecule has 0 aromatic rings. The fourth-order valence-electron chi connectivity index (χ4n) is 2.72.